The molecule has 0 spiro atoms. The van der Waals surface area contributed by atoms with Crippen LogP contribution in [0.25, 0.3) is 0 Å². The molecule has 0 radical (unpaired) electrons. The molecule has 30 nitrogen and oxygen atoms in total. The lowest BCUT2D eigenvalue weighted by atomic mass is 9.81. The van der Waals surface area contributed by atoms with Gasteiger partial charge < -0.3 is 24.3 Å². The Hall–Kier alpha value is -12.2. The van der Waals surface area contributed by atoms with E-state index in [1.165, 1.54) is 41.9 Å². The number of halogens is 4. The standard InChI is InChI=1S/C22H25N5O3.C21H22FN5O2.C20H20F3N5O2.C20H22N6O2/c28-19(9-6-16-4-3-13-30-16)17-7-8-18-21(24-17)27(15-10-12-26(18)14-15)22(29)25-20-5-1-2-11-23-20;1-12-15(22)4-7-19(23-12)25-21(29)27-14-8-9-26(11-14)17-6-5-16(24-20(17)27)18(28)10-13-2-3-13;1-12(20(21,22)23)10-16(29)14-5-6-15-18(25-14)28(13-7-9-27(15)11-13)19(30)26-17-4-2-3-8-24-17;27-17(10-13-2-1-3-13)15-4-5-16-19(23-15)26(14-6-9-25(16)12-14)20(28)24-18-11-21-7-8-22-18/h1-2,5,7-8,11,15-16H,3-4,6,9-10,12-14H2,(H,23,25,29);4-7,13-14H,2-3,8-11H2,1H3,(H,23,25,29);2-6,8,12-13H,7,9-11H2,1H3,(H,24,26,30);4-5,7-8,11,13-14H,1-3,6,9-10,12H2,(H,22,24,28)/t15-,16-;14-;12-,13+;14-/m0010/s1. The van der Waals surface area contributed by atoms with Gasteiger partial charge in [-0.1, -0.05) is 38.3 Å². The lowest BCUT2D eigenvalue weighted by Gasteiger charge is -2.35. The second-order valence-electron chi connectivity index (χ2n) is 31.4. The number of nitrogens with one attached hydrogen (secondary N) is 4. The van der Waals surface area contributed by atoms with Crippen molar-refractivity contribution in [2.45, 2.75) is 153 Å². The zero-order chi connectivity index (χ0) is 81.2. The number of pyridine rings is 7. The molecule has 6 atom stereocenters. The van der Waals surface area contributed by atoms with E-state index in [2.05, 4.69) is 85.7 Å². The van der Waals surface area contributed by atoms with Gasteiger partial charge in [-0.15, -0.1) is 0 Å². The van der Waals surface area contributed by atoms with Crippen molar-refractivity contribution in [3.63, 3.8) is 0 Å². The van der Waals surface area contributed by atoms with E-state index in [0.29, 0.717) is 95.3 Å². The number of alkyl halides is 3. The first-order valence-corrected chi connectivity index (χ1v) is 40.1. The summed E-state index contributed by atoms with van der Waals surface area (Å²) < 4.78 is 57.6. The predicted molar refractivity (Wildman–Crippen MR) is 430 cm³/mol. The highest BCUT2D eigenvalue weighted by Gasteiger charge is 2.46. The number of Topliss-reactive ketones (excluding diaryl/α,β-unsaturated/α-hetero) is 4. The Bertz CT molecular complexity index is 5090. The highest BCUT2D eigenvalue weighted by molar-refractivity contribution is 6.09. The molecule has 7 fully saturated rings. The van der Waals surface area contributed by atoms with Gasteiger partial charge in [0, 0.05) is 109 Å². The molecule has 8 aromatic rings. The number of rotatable bonds is 17. The molecule has 9 aliphatic heterocycles. The summed E-state index contributed by atoms with van der Waals surface area (Å²) in [7, 11) is 0. The molecule has 2 saturated carbocycles. The van der Waals surface area contributed by atoms with E-state index in [0.717, 1.165) is 147 Å². The monoisotopic (exact) mass is 1600 g/mol. The van der Waals surface area contributed by atoms with Crippen LogP contribution >= 0.6 is 0 Å². The summed E-state index contributed by atoms with van der Waals surface area (Å²) in [5, 5.41) is 11.1. The Labute approximate surface area is 671 Å². The van der Waals surface area contributed by atoms with Crippen LogP contribution in [0.15, 0.2) is 128 Å². The van der Waals surface area contributed by atoms with Gasteiger partial charge in [-0.2, -0.15) is 13.2 Å². The number of amides is 8. The molecule has 608 valence electrons. The summed E-state index contributed by atoms with van der Waals surface area (Å²) >= 11 is 0. The SMILES string of the molecule is C[C@H](CC(=O)c1ccc2c(n1)N(C(=O)Nc1ccccn1)[C@H]1CCN2C1)C(F)(F)F.Cc1nc(NC(=O)N2c3nc(C(=O)CC4CC4)ccc3N3CC[C@H]2C3)ccc1F.O=C(CC1CCC1)c1ccc2c(n1)N(C(=O)Nc1cnccn1)[C@H]1CCN2C1.O=C(CC[C@@H]1CCCO1)c1ccc2c(n1)N(C(=O)Nc1ccccn1)[C@H]1CCN2C1. The van der Waals surface area contributed by atoms with Crippen LogP contribution < -0.4 is 60.5 Å². The lowest BCUT2D eigenvalue weighted by molar-refractivity contribution is -0.168. The summed E-state index contributed by atoms with van der Waals surface area (Å²) in [6, 6.07) is 25.9. The minimum absolute atomic E-state index is 0.00805. The highest BCUT2D eigenvalue weighted by atomic mass is 19.4. The number of aromatic nitrogens is 9. The minimum atomic E-state index is -4.46. The summed E-state index contributed by atoms with van der Waals surface area (Å²) in [6.07, 6.45) is 16.0. The van der Waals surface area contributed by atoms with Gasteiger partial charge in [0.1, 0.15) is 46.0 Å². The molecule has 0 unspecified atom stereocenters. The fourth-order valence-electron chi connectivity index (χ4n) is 16.6. The van der Waals surface area contributed by atoms with Crippen molar-refractivity contribution in [2.75, 3.05) is 119 Å². The van der Waals surface area contributed by atoms with Crippen molar-refractivity contribution in [3.8, 4) is 0 Å². The fourth-order valence-corrected chi connectivity index (χ4v) is 16.6. The molecule has 19 rings (SSSR count). The molecule has 8 aromatic heterocycles. The molecular formula is C83H89F4N21O9. The maximum absolute atomic E-state index is 13.5. The molecule has 11 aliphatic rings. The molecule has 2 aliphatic carbocycles. The van der Waals surface area contributed by atoms with Gasteiger partial charge in [-0.3, -0.25) is 65.0 Å². The Kier molecular flexibility index (Phi) is 22.8. The van der Waals surface area contributed by atoms with Crippen LogP contribution in [-0.2, 0) is 4.74 Å². The molecule has 34 heteroatoms. The Morgan fingerprint density at radius 2 is 0.872 bits per heavy atom. The second kappa shape index (κ2) is 33.9. The Balaban J connectivity index is 0.000000117. The average molecular weight is 1600 g/mol. The third-order valence-electron chi connectivity index (χ3n) is 23.3. The van der Waals surface area contributed by atoms with E-state index in [-0.39, 0.29) is 88.7 Å². The molecule has 5 saturated heterocycles. The van der Waals surface area contributed by atoms with Crippen molar-refractivity contribution in [3.05, 3.63) is 162 Å². The maximum Gasteiger partial charge on any atom is 0.391 e. The minimum Gasteiger partial charge on any atom is -0.378 e. The van der Waals surface area contributed by atoms with Gasteiger partial charge in [0.15, 0.2) is 52.2 Å². The number of fused-ring (bicyclic) bond motifs is 16. The lowest BCUT2D eigenvalue weighted by Crippen LogP contribution is -2.48. The topological polar surface area (TPSA) is 336 Å². The van der Waals surface area contributed by atoms with Crippen LogP contribution in [0.2, 0.25) is 0 Å². The molecule has 8 amide bonds. The van der Waals surface area contributed by atoms with Crippen molar-refractivity contribution in [2.24, 2.45) is 17.8 Å². The number of hydrogen-bond acceptors (Lipinski definition) is 22. The van der Waals surface area contributed by atoms with Crippen molar-refractivity contribution in [1.82, 2.24) is 44.9 Å². The highest BCUT2D eigenvalue weighted by Crippen LogP contribution is 2.45. The number of hydrogen-bond donors (Lipinski definition) is 4. The van der Waals surface area contributed by atoms with Gasteiger partial charge in [0.25, 0.3) is 0 Å². The summed E-state index contributed by atoms with van der Waals surface area (Å²) in [5.41, 5.74) is 4.75. The van der Waals surface area contributed by atoms with Crippen molar-refractivity contribution in [1.29, 1.82) is 0 Å². The first-order valence-electron chi connectivity index (χ1n) is 40.1. The average Bonchev–Trinajstić information content (AvgIpc) is 1.67. The van der Waals surface area contributed by atoms with Crippen LogP contribution in [0.1, 0.15) is 157 Å². The molecule has 117 heavy (non-hydrogen) atoms. The summed E-state index contributed by atoms with van der Waals surface area (Å²) in [5.74, 6) is 1.61. The Morgan fingerprint density at radius 1 is 0.453 bits per heavy atom. The van der Waals surface area contributed by atoms with Crippen LogP contribution in [-0.4, -0.2) is 188 Å². The Morgan fingerprint density at radius 3 is 1.25 bits per heavy atom. The number of anilines is 12. The van der Waals surface area contributed by atoms with E-state index >= 15 is 0 Å². The van der Waals surface area contributed by atoms with E-state index < -0.39 is 36.1 Å². The van der Waals surface area contributed by atoms with Gasteiger partial charge in [-0.25, -0.2) is 63.4 Å². The largest absolute Gasteiger partial charge is 0.391 e. The smallest absolute Gasteiger partial charge is 0.378 e. The molecule has 4 N–H and O–H groups in total. The van der Waals surface area contributed by atoms with E-state index in [4.69, 9.17) is 4.74 Å². The predicted octanol–water partition coefficient (Wildman–Crippen LogP) is 13.5. The van der Waals surface area contributed by atoms with Gasteiger partial charge in [0.05, 0.1) is 70.8 Å². The maximum atomic E-state index is 13.5. The fraction of sp³-hybridized carbons (Fsp3) is 0.434. The number of ether oxygens (including phenoxy) is 1. The molecule has 17 heterocycles. The van der Waals surface area contributed by atoms with E-state index in [1.807, 2.05) is 24.3 Å². The number of aryl methyl sites for hydroxylation is 1. The number of ketones is 4. The van der Waals surface area contributed by atoms with E-state index in [9.17, 15) is 55.9 Å². The summed E-state index contributed by atoms with van der Waals surface area (Å²) in [6.45, 7) is 9.53. The molecule has 0 aromatic carbocycles. The van der Waals surface area contributed by atoms with E-state index in [1.54, 1.807) is 94.8 Å². The first kappa shape index (κ1) is 78.6. The van der Waals surface area contributed by atoms with Crippen LogP contribution in [0.5, 0.6) is 0 Å². The van der Waals surface area contributed by atoms with Gasteiger partial charge in [0.2, 0.25) is 0 Å². The third kappa shape index (κ3) is 17.5. The van der Waals surface area contributed by atoms with Crippen LogP contribution in [0.4, 0.5) is 106 Å². The molecular weight excluding hydrogens is 1510 g/mol. The third-order valence-corrected chi connectivity index (χ3v) is 23.3. The first-order chi connectivity index (χ1) is 56.6. The second-order valence-corrected chi connectivity index (χ2v) is 31.4. The van der Waals surface area contributed by atoms with Crippen LogP contribution in [0.3, 0.4) is 0 Å². The number of carbonyl (C=O) groups is 8. The molecule has 8 bridgehead atoms. The number of urea groups is 4. The number of nitrogens with zero attached hydrogens (tertiary/aromatic N) is 17. The quantitative estimate of drug-likeness (QED) is 0.0486. The van der Waals surface area contributed by atoms with Crippen LogP contribution in [0, 0.1) is 30.5 Å². The van der Waals surface area contributed by atoms with Crippen molar-refractivity contribution >= 4 is 117 Å². The number of carbonyl (C=O) groups excluding carboxylic acids is 8. The zero-order valence-electron chi connectivity index (χ0n) is 64.7. The zero-order valence-corrected chi connectivity index (χ0v) is 64.7. The summed E-state index contributed by atoms with van der Waals surface area (Å²) in [4.78, 5) is 157. The normalized spacial score (nSPS) is 20.3. The van der Waals surface area contributed by atoms with Crippen molar-refractivity contribution < 1.29 is 60.7 Å². The van der Waals surface area contributed by atoms with Gasteiger partial charge in [-0.05, 0) is 161 Å². The van der Waals surface area contributed by atoms with Gasteiger partial charge >= 0.3 is 30.3 Å².